The van der Waals surface area contributed by atoms with Crippen molar-refractivity contribution in [2.24, 2.45) is 0 Å². The Morgan fingerprint density at radius 1 is 1.04 bits per heavy atom. The zero-order chi connectivity index (χ0) is 17.6. The number of phenols is 2. The number of phenolic OH excluding ortho intramolecular Hbond substituents is 2. The molecule has 0 saturated heterocycles. The van der Waals surface area contributed by atoms with Crippen molar-refractivity contribution in [3.05, 3.63) is 58.1 Å². The summed E-state index contributed by atoms with van der Waals surface area (Å²) in [5, 5.41) is 20.8. The number of aromatic hydroxyl groups is 2. The zero-order valence-corrected chi connectivity index (χ0v) is 15.3. The molecule has 1 saturated carbocycles. The van der Waals surface area contributed by atoms with Gasteiger partial charge in [-0.1, -0.05) is 36.6 Å². The van der Waals surface area contributed by atoms with Crippen molar-refractivity contribution in [3.8, 4) is 11.5 Å². The van der Waals surface area contributed by atoms with E-state index in [1.54, 1.807) is 12.1 Å². The predicted octanol–water partition coefficient (Wildman–Crippen LogP) is 4.79. The van der Waals surface area contributed by atoms with Gasteiger partial charge in [-0.25, -0.2) is 0 Å². The summed E-state index contributed by atoms with van der Waals surface area (Å²) in [5.74, 6) is -0.0441. The van der Waals surface area contributed by atoms with E-state index in [-0.39, 0.29) is 23.0 Å². The van der Waals surface area contributed by atoms with Gasteiger partial charge in [0.2, 0.25) is 0 Å². The van der Waals surface area contributed by atoms with Gasteiger partial charge in [0.1, 0.15) is 0 Å². The Morgan fingerprint density at radius 2 is 1.68 bits per heavy atom. The fourth-order valence-electron chi connectivity index (χ4n) is 5.00. The summed E-state index contributed by atoms with van der Waals surface area (Å²) in [7, 11) is 2.17. The maximum absolute atomic E-state index is 10.1. The van der Waals surface area contributed by atoms with Gasteiger partial charge in [0.05, 0.1) is 0 Å². The maximum Gasteiger partial charge on any atom is 0.157 e. The number of halogens is 1. The highest BCUT2D eigenvalue weighted by atomic mass is 35.5. The minimum Gasteiger partial charge on any atom is -0.504 e. The number of hydrogen-bond donors (Lipinski definition) is 2. The summed E-state index contributed by atoms with van der Waals surface area (Å²) >= 11 is 6.13. The van der Waals surface area contributed by atoms with Crippen molar-refractivity contribution in [2.45, 2.75) is 43.6 Å². The molecule has 1 heterocycles. The average molecular weight is 358 g/mol. The third-order valence-electron chi connectivity index (χ3n) is 6.14. The zero-order valence-electron chi connectivity index (χ0n) is 14.5. The summed E-state index contributed by atoms with van der Waals surface area (Å²) in [6, 6.07) is 12.0. The van der Waals surface area contributed by atoms with Crippen molar-refractivity contribution in [1.82, 2.24) is 4.90 Å². The summed E-state index contributed by atoms with van der Waals surface area (Å²) in [5.41, 5.74) is 3.66. The van der Waals surface area contributed by atoms with Crippen LogP contribution in [0.4, 0.5) is 0 Å². The second-order valence-corrected chi connectivity index (χ2v) is 7.98. The van der Waals surface area contributed by atoms with Gasteiger partial charge >= 0.3 is 0 Å². The molecule has 4 heteroatoms. The normalized spacial score (nSPS) is 22.7. The van der Waals surface area contributed by atoms with Gasteiger partial charge < -0.3 is 10.2 Å². The summed E-state index contributed by atoms with van der Waals surface area (Å²) in [6.07, 6.45) is 5.58. The monoisotopic (exact) mass is 357 g/mol. The van der Waals surface area contributed by atoms with Crippen molar-refractivity contribution >= 4 is 11.6 Å². The van der Waals surface area contributed by atoms with Crippen LogP contribution in [0.1, 0.15) is 48.4 Å². The summed E-state index contributed by atoms with van der Waals surface area (Å²) in [4.78, 5) is 2.42. The van der Waals surface area contributed by atoms with Crippen LogP contribution in [-0.4, -0.2) is 28.7 Å². The highest BCUT2D eigenvalue weighted by Crippen LogP contribution is 2.54. The molecule has 1 atom stereocenters. The third-order valence-corrected chi connectivity index (χ3v) is 6.40. The number of hydrogen-bond acceptors (Lipinski definition) is 3. The Hall–Kier alpha value is -1.71. The Labute approximate surface area is 153 Å². The molecule has 1 fully saturated rings. The number of nitrogens with zero attached hydrogens (tertiary/aromatic N) is 1. The molecule has 4 rings (SSSR count). The van der Waals surface area contributed by atoms with E-state index in [9.17, 15) is 10.2 Å². The molecule has 0 aromatic heterocycles. The molecule has 3 nitrogen and oxygen atoms in total. The van der Waals surface area contributed by atoms with Gasteiger partial charge in [-0.05, 0) is 67.3 Å². The molecule has 25 heavy (non-hydrogen) atoms. The quantitative estimate of drug-likeness (QED) is 0.759. The Balaban J connectivity index is 1.88. The van der Waals surface area contributed by atoms with E-state index in [0.29, 0.717) is 0 Å². The highest BCUT2D eigenvalue weighted by Gasteiger charge is 2.47. The van der Waals surface area contributed by atoms with Gasteiger partial charge in [-0.15, -0.1) is 0 Å². The molecule has 0 amide bonds. The number of rotatable bonds is 2. The van der Waals surface area contributed by atoms with Crippen LogP contribution in [0.3, 0.4) is 0 Å². The van der Waals surface area contributed by atoms with Crippen LogP contribution in [0.25, 0.3) is 0 Å². The first-order chi connectivity index (χ1) is 12.0. The molecular formula is C21H24ClNO2. The standard InChI is InChI=1S/C21H24ClNO2/c1-23-11-8-14-12-18(24)19(25)13-17(14)20(23)21(9-2-3-10-21)15-4-6-16(22)7-5-15/h4-7,12-13,20,24-25H,2-3,8-11H2,1H3. The Bertz CT molecular complexity index is 781. The minimum atomic E-state index is -0.0247. The SMILES string of the molecule is CN1CCc2cc(O)c(O)cc2C1C1(c2ccc(Cl)cc2)CCCC1. The van der Waals surface area contributed by atoms with Crippen LogP contribution >= 0.6 is 11.6 Å². The second kappa shape index (κ2) is 6.22. The highest BCUT2D eigenvalue weighted by molar-refractivity contribution is 6.30. The molecule has 1 aliphatic heterocycles. The van der Waals surface area contributed by atoms with E-state index in [2.05, 4.69) is 24.1 Å². The molecule has 2 aliphatic rings. The topological polar surface area (TPSA) is 43.7 Å². The van der Waals surface area contributed by atoms with Crippen molar-refractivity contribution in [2.75, 3.05) is 13.6 Å². The second-order valence-electron chi connectivity index (χ2n) is 7.54. The molecule has 2 aromatic rings. The smallest absolute Gasteiger partial charge is 0.157 e. The predicted molar refractivity (Wildman–Crippen MR) is 100 cm³/mol. The van der Waals surface area contributed by atoms with Gasteiger partial charge in [0.25, 0.3) is 0 Å². The van der Waals surface area contributed by atoms with Crippen LogP contribution in [0.15, 0.2) is 36.4 Å². The van der Waals surface area contributed by atoms with Crippen molar-refractivity contribution in [3.63, 3.8) is 0 Å². The van der Waals surface area contributed by atoms with Crippen LogP contribution < -0.4 is 0 Å². The molecule has 0 spiro atoms. The van der Waals surface area contributed by atoms with Gasteiger partial charge in [-0.2, -0.15) is 0 Å². The molecular weight excluding hydrogens is 334 g/mol. The molecule has 0 bridgehead atoms. The van der Waals surface area contributed by atoms with E-state index in [4.69, 9.17) is 11.6 Å². The molecule has 132 valence electrons. The minimum absolute atomic E-state index is 0.0194. The number of fused-ring (bicyclic) bond motifs is 1. The first-order valence-corrected chi connectivity index (χ1v) is 9.40. The lowest BCUT2D eigenvalue weighted by Gasteiger charge is -2.47. The van der Waals surface area contributed by atoms with Crippen LogP contribution in [0, 0.1) is 0 Å². The van der Waals surface area contributed by atoms with Crippen LogP contribution in [0.2, 0.25) is 5.02 Å². The van der Waals surface area contributed by atoms with Crippen LogP contribution in [-0.2, 0) is 11.8 Å². The Kier molecular flexibility index (Phi) is 4.17. The lowest BCUT2D eigenvalue weighted by Crippen LogP contribution is -2.44. The van der Waals surface area contributed by atoms with Gasteiger partial charge in [0, 0.05) is 23.0 Å². The van der Waals surface area contributed by atoms with E-state index in [0.717, 1.165) is 42.0 Å². The first kappa shape index (κ1) is 16.7. The largest absolute Gasteiger partial charge is 0.504 e. The number of benzene rings is 2. The fraction of sp³-hybridized carbons (Fsp3) is 0.429. The molecule has 1 unspecified atom stereocenters. The maximum atomic E-state index is 10.1. The van der Waals surface area contributed by atoms with Gasteiger partial charge in [0.15, 0.2) is 11.5 Å². The molecule has 2 aromatic carbocycles. The van der Waals surface area contributed by atoms with E-state index >= 15 is 0 Å². The lowest BCUT2D eigenvalue weighted by molar-refractivity contribution is 0.135. The molecule has 0 radical (unpaired) electrons. The molecule has 1 aliphatic carbocycles. The van der Waals surface area contributed by atoms with E-state index < -0.39 is 0 Å². The van der Waals surface area contributed by atoms with Gasteiger partial charge in [-0.3, -0.25) is 4.90 Å². The van der Waals surface area contributed by atoms with E-state index in [1.165, 1.54) is 18.4 Å². The van der Waals surface area contributed by atoms with E-state index in [1.807, 2.05) is 12.1 Å². The summed E-state index contributed by atoms with van der Waals surface area (Å²) in [6.45, 7) is 0.956. The van der Waals surface area contributed by atoms with Crippen LogP contribution in [0.5, 0.6) is 11.5 Å². The lowest BCUT2D eigenvalue weighted by atomic mass is 9.67. The summed E-state index contributed by atoms with van der Waals surface area (Å²) < 4.78 is 0. The fourth-order valence-corrected chi connectivity index (χ4v) is 5.12. The Morgan fingerprint density at radius 3 is 2.36 bits per heavy atom. The van der Waals surface area contributed by atoms with Crippen molar-refractivity contribution in [1.29, 1.82) is 0 Å². The van der Waals surface area contributed by atoms with Crippen molar-refractivity contribution < 1.29 is 10.2 Å². The first-order valence-electron chi connectivity index (χ1n) is 9.02. The third kappa shape index (κ3) is 2.70. The number of likely N-dealkylation sites (N-methyl/N-ethyl adjacent to an activating group) is 1. The molecule has 2 N–H and O–H groups in total. The average Bonchev–Trinajstić information content (AvgIpc) is 3.07.